The molecule has 4 aromatic rings. The molecule has 4 saturated carbocycles. The van der Waals surface area contributed by atoms with E-state index in [1.165, 1.54) is 19.3 Å². The minimum absolute atomic E-state index is 0.00989. The van der Waals surface area contributed by atoms with E-state index >= 15 is 0 Å². The number of amides is 1. The fourth-order valence-electron chi connectivity index (χ4n) is 7.70. The Labute approximate surface area is 233 Å². The molecule has 4 bridgehead atoms. The van der Waals surface area contributed by atoms with Gasteiger partial charge in [0.25, 0.3) is 5.91 Å². The van der Waals surface area contributed by atoms with Gasteiger partial charge in [0.15, 0.2) is 11.5 Å². The zero-order valence-electron chi connectivity index (χ0n) is 22.7. The Morgan fingerprint density at radius 3 is 2.49 bits per heavy atom. The van der Waals surface area contributed by atoms with Crippen LogP contribution in [0.3, 0.4) is 0 Å². The highest BCUT2D eigenvalue weighted by Gasteiger charge is 2.51. The molecular weight excluding hydrogens is 510 g/mol. The molecule has 202 valence electrons. The van der Waals surface area contributed by atoms with Gasteiger partial charge in [-0.1, -0.05) is 25.4 Å². The van der Waals surface area contributed by atoms with E-state index in [-0.39, 0.29) is 11.4 Å². The first-order chi connectivity index (χ1) is 18.8. The summed E-state index contributed by atoms with van der Waals surface area (Å²) in [5.74, 6) is 4.02. The summed E-state index contributed by atoms with van der Waals surface area (Å²) in [5, 5.41) is 13.1. The number of hydrogen-bond donors (Lipinski definition) is 1. The number of carbonyl (C=O) groups is 1. The van der Waals surface area contributed by atoms with E-state index in [2.05, 4.69) is 29.4 Å². The summed E-state index contributed by atoms with van der Waals surface area (Å²) in [7, 11) is 0. The van der Waals surface area contributed by atoms with Gasteiger partial charge < -0.3 is 10.1 Å². The highest BCUT2D eigenvalue weighted by molar-refractivity contribution is 6.33. The van der Waals surface area contributed by atoms with Crippen molar-refractivity contribution in [3.8, 4) is 17.1 Å². The van der Waals surface area contributed by atoms with Crippen LogP contribution in [0.1, 0.15) is 68.4 Å². The van der Waals surface area contributed by atoms with E-state index in [9.17, 15) is 4.79 Å². The van der Waals surface area contributed by atoms with Crippen LogP contribution in [0.15, 0.2) is 36.4 Å². The van der Waals surface area contributed by atoms with Gasteiger partial charge in [-0.2, -0.15) is 0 Å². The molecule has 0 radical (unpaired) electrons. The topological polar surface area (TPSA) is 81.4 Å². The maximum absolute atomic E-state index is 13.7. The number of benzene rings is 2. The molecule has 8 heteroatoms. The molecule has 0 atom stereocenters. The highest BCUT2D eigenvalue weighted by atomic mass is 35.5. The smallest absolute Gasteiger partial charge is 0.251 e. The van der Waals surface area contributed by atoms with E-state index < -0.39 is 0 Å². The quantitative estimate of drug-likeness (QED) is 0.295. The van der Waals surface area contributed by atoms with E-state index in [4.69, 9.17) is 21.3 Å². The summed E-state index contributed by atoms with van der Waals surface area (Å²) >= 11 is 6.68. The number of halogens is 1. The standard InChI is InChI=1S/C31H34ClN5O2/c1-17(2)16-39-23-5-6-25(32)24(12-23)29-36-35-28-18(3)33-26-7-4-22(11-27(26)37(28)29)30(38)34-31-13-19-8-20(14-31)10-21(9-19)15-31/h4-7,11-12,17,19-21H,8-10,13-16H2,1-3H3,(H,34,38). The molecule has 8 rings (SSSR count). The van der Waals surface area contributed by atoms with Crippen molar-refractivity contribution in [3.63, 3.8) is 0 Å². The van der Waals surface area contributed by atoms with E-state index in [1.54, 1.807) is 0 Å². The van der Waals surface area contributed by atoms with Crippen molar-refractivity contribution in [3.05, 3.63) is 52.7 Å². The average Bonchev–Trinajstić information content (AvgIpc) is 3.33. The van der Waals surface area contributed by atoms with Crippen LogP contribution in [0.2, 0.25) is 5.02 Å². The molecule has 4 fully saturated rings. The maximum Gasteiger partial charge on any atom is 0.251 e. The van der Waals surface area contributed by atoms with Gasteiger partial charge in [0.2, 0.25) is 0 Å². The lowest BCUT2D eigenvalue weighted by Gasteiger charge is -2.56. The molecule has 0 spiro atoms. The summed E-state index contributed by atoms with van der Waals surface area (Å²) in [6.07, 6.45) is 7.39. The van der Waals surface area contributed by atoms with Crippen LogP contribution < -0.4 is 10.1 Å². The SMILES string of the molecule is Cc1nc2ccc(C(=O)NC34CC5CC(CC(C5)C3)C4)cc2n2c(-c3cc(OCC(C)C)ccc3Cl)nnc12. The minimum atomic E-state index is -0.0483. The van der Waals surface area contributed by atoms with Gasteiger partial charge in [0.1, 0.15) is 5.75 Å². The second-order valence-electron chi connectivity index (χ2n) is 12.6. The lowest BCUT2D eigenvalue weighted by molar-refractivity contribution is -0.0167. The first-order valence-corrected chi connectivity index (χ1v) is 14.6. The molecule has 1 amide bonds. The van der Waals surface area contributed by atoms with Crippen LogP contribution in [0, 0.1) is 30.6 Å². The first-order valence-electron chi connectivity index (χ1n) is 14.2. The Bertz CT molecular complexity index is 1570. The van der Waals surface area contributed by atoms with Gasteiger partial charge >= 0.3 is 0 Å². The largest absolute Gasteiger partial charge is 0.493 e. The van der Waals surface area contributed by atoms with E-state index in [0.29, 0.717) is 34.6 Å². The minimum Gasteiger partial charge on any atom is -0.493 e. The molecule has 0 saturated heterocycles. The number of fused-ring (bicyclic) bond motifs is 3. The van der Waals surface area contributed by atoms with E-state index in [1.807, 2.05) is 47.7 Å². The van der Waals surface area contributed by atoms with Gasteiger partial charge in [0, 0.05) is 16.7 Å². The fourth-order valence-corrected chi connectivity index (χ4v) is 7.90. The van der Waals surface area contributed by atoms with Crippen molar-refractivity contribution in [1.82, 2.24) is 24.9 Å². The molecule has 4 aliphatic rings. The predicted molar refractivity (Wildman–Crippen MR) is 152 cm³/mol. The van der Waals surface area contributed by atoms with Crippen LogP contribution >= 0.6 is 11.6 Å². The molecular formula is C31H34ClN5O2. The maximum atomic E-state index is 13.7. The molecule has 2 aromatic heterocycles. The van der Waals surface area contributed by atoms with Crippen LogP contribution in [0.25, 0.3) is 28.1 Å². The van der Waals surface area contributed by atoms with Gasteiger partial charge in [-0.15, -0.1) is 10.2 Å². The zero-order chi connectivity index (χ0) is 26.9. The molecule has 7 nitrogen and oxygen atoms in total. The Morgan fingerprint density at radius 2 is 1.79 bits per heavy atom. The average molecular weight is 544 g/mol. The normalized spacial score (nSPS) is 25.6. The van der Waals surface area contributed by atoms with Gasteiger partial charge in [-0.25, -0.2) is 4.98 Å². The molecule has 0 unspecified atom stereocenters. The lowest BCUT2D eigenvalue weighted by Crippen LogP contribution is -2.59. The second kappa shape index (κ2) is 9.19. The van der Waals surface area contributed by atoms with Crippen molar-refractivity contribution in [2.75, 3.05) is 6.61 Å². The van der Waals surface area contributed by atoms with Crippen LogP contribution in [-0.2, 0) is 0 Å². The number of aromatic nitrogens is 4. The summed E-state index contributed by atoms with van der Waals surface area (Å²) < 4.78 is 7.93. The molecule has 2 heterocycles. The number of nitrogens with one attached hydrogen (secondary N) is 1. The number of carbonyl (C=O) groups excluding carboxylic acids is 1. The van der Waals surface area contributed by atoms with Crippen molar-refractivity contribution in [2.24, 2.45) is 23.7 Å². The third-order valence-corrected chi connectivity index (χ3v) is 9.26. The summed E-state index contributed by atoms with van der Waals surface area (Å²) in [5.41, 5.74) is 4.25. The monoisotopic (exact) mass is 543 g/mol. The zero-order valence-corrected chi connectivity index (χ0v) is 23.5. The molecule has 39 heavy (non-hydrogen) atoms. The van der Waals surface area contributed by atoms with Crippen molar-refractivity contribution in [1.29, 1.82) is 0 Å². The Morgan fingerprint density at radius 1 is 1.08 bits per heavy atom. The van der Waals surface area contributed by atoms with Crippen LogP contribution in [0.4, 0.5) is 0 Å². The summed E-state index contributed by atoms with van der Waals surface area (Å²) in [6.45, 7) is 6.75. The summed E-state index contributed by atoms with van der Waals surface area (Å²) in [4.78, 5) is 18.5. The lowest BCUT2D eigenvalue weighted by atomic mass is 9.53. The Kier molecular flexibility index (Phi) is 5.85. The number of nitrogens with zero attached hydrogens (tertiary/aromatic N) is 4. The Balaban J connectivity index is 1.28. The van der Waals surface area contributed by atoms with Crippen molar-refractivity contribution in [2.45, 2.75) is 64.8 Å². The molecule has 2 aromatic carbocycles. The van der Waals surface area contributed by atoms with Gasteiger partial charge in [-0.05, 0) is 106 Å². The number of aryl methyl sites for hydroxylation is 1. The molecule has 0 aliphatic heterocycles. The third-order valence-electron chi connectivity index (χ3n) is 8.93. The van der Waals surface area contributed by atoms with Crippen LogP contribution in [-0.4, -0.2) is 37.6 Å². The molecule has 4 aliphatic carbocycles. The summed E-state index contributed by atoms with van der Waals surface area (Å²) in [6, 6.07) is 11.3. The second-order valence-corrected chi connectivity index (χ2v) is 13.0. The predicted octanol–water partition coefficient (Wildman–Crippen LogP) is 6.64. The third kappa shape index (κ3) is 4.35. The van der Waals surface area contributed by atoms with Gasteiger partial charge in [-0.3, -0.25) is 9.20 Å². The van der Waals surface area contributed by atoms with Gasteiger partial charge in [0.05, 0.1) is 28.4 Å². The first kappa shape index (κ1) is 24.8. The molecule has 1 N–H and O–H groups in total. The number of rotatable bonds is 6. The number of ether oxygens (including phenoxy) is 1. The highest BCUT2D eigenvalue weighted by Crippen LogP contribution is 2.55. The van der Waals surface area contributed by atoms with Crippen LogP contribution in [0.5, 0.6) is 5.75 Å². The van der Waals surface area contributed by atoms with E-state index in [0.717, 1.165) is 65.1 Å². The number of hydrogen-bond acceptors (Lipinski definition) is 5. The van der Waals surface area contributed by atoms with Crippen molar-refractivity contribution < 1.29 is 9.53 Å². The Hall–Kier alpha value is -3.19. The van der Waals surface area contributed by atoms with Crippen molar-refractivity contribution >= 4 is 34.2 Å². The fraction of sp³-hybridized carbons (Fsp3) is 0.484.